The predicted molar refractivity (Wildman–Crippen MR) is 82.9 cm³/mol. The molecule has 22 heavy (non-hydrogen) atoms. The lowest BCUT2D eigenvalue weighted by Gasteiger charge is -2.33. The number of carbonyl (C=O) groups is 3. The quantitative estimate of drug-likeness (QED) is 0.438. The zero-order chi connectivity index (χ0) is 15.9. The normalized spacial score (nSPS) is 37.1. The Balaban J connectivity index is 1.73. The van der Waals surface area contributed by atoms with Gasteiger partial charge in [0.2, 0.25) is 0 Å². The van der Waals surface area contributed by atoms with Gasteiger partial charge in [-0.1, -0.05) is 0 Å². The Morgan fingerprint density at radius 1 is 0.636 bits per heavy atom. The Kier molecular flexibility index (Phi) is 4.64. The second-order valence-corrected chi connectivity index (χ2v) is 7.68. The summed E-state index contributed by atoms with van der Waals surface area (Å²) in [6, 6.07) is -0.812. The lowest BCUT2D eigenvalue weighted by atomic mass is 9.93. The molecule has 1 aliphatic heterocycles. The molecule has 1 saturated heterocycles. The highest BCUT2D eigenvalue weighted by Crippen LogP contribution is 2.33. The van der Waals surface area contributed by atoms with Gasteiger partial charge in [0.15, 0.2) is 0 Å². The number of imide groups is 2. The van der Waals surface area contributed by atoms with Crippen LogP contribution in [0, 0.1) is 0 Å². The summed E-state index contributed by atoms with van der Waals surface area (Å²) in [5, 5.41) is 0.213. The SMILES string of the molecule is O=C1C(=O)N(C2CCC(Cl)CC2)C(=O)N1C1CCC(Cl)CC1. The molecule has 3 aliphatic rings. The van der Waals surface area contributed by atoms with Crippen LogP contribution in [0.3, 0.4) is 0 Å². The number of urea groups is 1. The van der Waals surface area contributed by atoms with Crippen molar-refractivity contribution in [2.24, 2.45) is 0 Å². The van der Waals surface area contributed by atoms with E-state index in [1.165, 1.54) is 9.80 Å². The van der Waals surface area contributed by atoms with Crippen LogP contribution >= 0.6 is 23.2 Å². The molecule has 7 heteroatoms. The fourth-order valence-electron chi connectivity index (χ4n) is 3.73. The van der Waals surface area contributed by atoms with E-state index in [-0.39, 0.29) is 22.8 Å². The van der Waals surface area contributed by atoms with Crippen molar-refractivity contribution >= 4 is 41.0 Å². The van der Waals surface area contributed by atoms with E-state index in [2.05, 4.69) is 0 Å². The van der Waals surface area contributed by atoms with Gasteiger partial charge in [-0.25, -0.2) is 4.79 Å². The molecule has 2 aliphatic carbocycles. The Labute approximate surface area is 139 Å². The number of halogens is 2. The molecular formula is C15H20Cl2N2O3. The van der Waals surface area contributed by atoms with Gasteiger partial charge in [-0.05, 0) is 51.4 Å². The van der Waals surface area contributed by atoms with Gasteiger partial charge in [0.1, 0.15) is 0 Å². The maximum atomic E-state index is 12.6. The van der Waals surface area contributed by atoms with Crippen LogP contribution in [0.1, 0.15) is 51.4 Å². The van der Waals surface area contributed by atoms with Crippen LogP contribution in [0.25, 0.3) is 0 Å². The van der Waals surface area contributed by atoms with Gasteiger partial charge >= 0.3 is 17.8 Å². The summed E-state index contributed by atoms with van der Waals surface area (Å²) in [6.45, 7) is 0. The Morgan fingerprint density at radius 3 is 1.27 bits per heavy atom. The molecule has 0 N–H and O–H groups in total. The van der Waals surface area contributed by atoms with Gasteiger partial charge in [-0.15, -0.1) is 23.2 Å². The molecule has 0 bridgehead atoms. The van der Waals surface area contributed by atoms with Crippen LogP contribution in [0.4, 0.5) is 4.79 Å². The molecule has 122 valence electrons. The van der Waals surface area contributed by atoms with Crippen molar-refractivity contribution in [1.82, 2.24) is 9.80 Å². The van der Waals surface area contributed by atoms with Crippen LogP contribution in [0.15, 0.2) is 0 Å². The number of rotatable bonds is 2. The fraction of sp³-hybridized carbons (Fsp3) is 0.800. The number of alkyl halides is 2. The van der Waals surface area contributed by atoms with Crippen molar-refractivity contribution in [3.05, 3.63) is 0 Å². The van der Waals surface area contributed by atoms with Gasteiger partial charge in [-0.3, -0.25) is 19.4 Å². The number of carbonyl (C=O) groups excluding carboxylic acids is 3. The average molecular weight is 347 g/mol. The third kappa shape index (κ3) is 2.85. The molecule has 3 fully saturated rings. The van der Waals surface area contributed by atoms with Gasteiger partial charge in [-0.2, -0.15) is 0 Å². The number of hydrogen-bond acceptors (Lipinski definition) is 3. The molecule has 3 rings (SSSR count). The molecule has 4 amide bonds. The minimum Gasteiger partial charge on any atom is -0.263 e. The summed E-state index contributed by atoms with van der Waals surface area (Å²) in [5.74, 6) is -1.34. The van der Waals surface area contributed by atoms with Crippen LogP contribution in [-0.4, -0.2) is 50.5 Å². The van der Waals surface area contributed by atoms with Crippen LogP contribution in [0.5, 0.6) is 0 Å². The van der Waals surface area contributed by atoms with Crippen molar-refractivity contribution in [3.8, 4) is 0 Å². The zero-order valence-electron chi connectivity index (χ0n) is 12.3. The maximum Gasteiger partial charge on any atom is 0.334 e. The molecule has 0 aromatic rings. The molecule has 1 heterocycles. The first-order valence-corrected chi connectivity index (χ1v) is 8.85. The largest absolute Gasteiger partial charge is 0.334 e. The van der Waals surface area contributed by atoms with Gasteiger partial charge in [0.05, 0.1) is 0 Å². The zero-order valence-corrected chi connectivity index (χ0v) is 13.9. The first kappa shape index (κ1) is 16.1. The Hall–Kier alpha value is -0.810. The topological polar surface area (TPSA) is 57.7 Å². The monoisotopic (exact) mass is 346 g/mol. The van der Waals surface area contributed by atoms with E-state index in [1.54, 1.807) is 0 Å². The fourth-order valence-corrected chi connectivity index (χ4v) is 4.23. The minimum atomic E-state index is -0.670. The summed E-state index contributed by atoms with van der Waals surface area (Å²) in [5.41, 5.74) is 0. The van der Waals surface area contributed by atoms with Gasteiger partial charge in [0, 0.05) is 22.8 Å². The molecule has 0 aromatic carbocycles. The van der Waals surface area contributed by atoms with E-state index in [0.717, 1.165) is 25.7 Å². The second kappa shape index (κ2) is 6.36. The van der Waals surface area contributed by atoms with E-state index in [1.807, 2.05) is 0 Å². The molecule has 5 nitrogen and oxygen atoms in total. The minimum absolute atomic E-state index is 0.106. The maximum absolute atomic E-state index is 12.6. The lowest BCUT2D eigenvalue weighted by molar-refractivity contribution is -0.145. The van der Waals surface area contributed by atoms with Crippen LogP contribution in [0.2, 0.25) is 0 Å². The van der Waals surface area contributed by atoms with E-state index in [9.17, 15) is 14.4 Å². The first-order chi connectivity index (χ1) is 10.5. The van der Waals surface area contributed by atoms with Crippen molar-refractivity contribution in [1.29, 1.82) is 0 Å². The Bertz CT molecular complexity index is 441. The highest BCUT2D eigenvalue weighted by atomic mass is 35.5. The van der Waals surface area contributed by atoms with Gasteiger partial charge < -0.3 is 0 Å². The lowest BCUT2D eigenvalue weighted by Crippen LogP contribution is -2.46. The predicted octanol–water partition coefficient (Wildman–Crippen LogP) is 2.88. The summed E-state index contributed by atoms with van der Waals surface area (Å²) in [4.78, 5) is 39.5. The first-order valence-electron chi connectivity index (χ1n) is 7.98. The smallest absolute Gasteiger partial charge is 0.263 e. The Morgan fingerprint density at radius 2 is 0.955 bits per heavy atom. The van der Waals surface area contributed by atoms with Crippen molar-refractivity contribution in [2.45, 2.75) is 74.2 Å². The molecule has 0 unspecified atom stereocenters. The van der Waals surface area contributed by atoms with E-state index in [0.29, 0.717) is 25.7 Å². The molecule has 0 radical (unpaired) electrons. The van der Waals surface area contributed by atoms with Crippen molar-refractivity contribution in [2.75, 3.05) is 0 Å². The number of hydrogen-bond donors (Lipinski definition) is 0. The third-order valence-corrected chi connectivity index (χ3v) is 5.89. The third-order valence-electron chi connectivity index (χ3n) is 5.02. The molecule has 0 spiro atoms. The summed E-state index contributed by atoms with van der Waals surface area (Å²) >= 11 is 12.2. The van der Waals surface area contributed by atoms with Gasteiger partial charge in [0.25, 0.3) is 0 Å². The summed E-state index contributed by atoms with van der Waals surface area (Å²) < 4.78 is 0. The standard InChI is InChI=1S/C15H20Cl2N2O3/c16-9-1-5-11(6-2-9)18-13(20)14(21)19(15(18)22)12-7-3-10(17)4-8-12/h9-12H,1-8H2. The van der Waals surface area contributed by atoms with E-state index in [4.69, 9.17) is 23.2 Å². The molecule has 0 atom stereocenters. The molecule has 0 aromatic heterocycles. The number of amides is 4. The van der Waals surface area contributed by atoms with Crippen LogP contribution < -0.4 is 0 Å². The van der Waals surface area contributed by atoms with Crippen molar-refractivity contribution < 1.29 is 14.4 Å². The van der Waals surface area contributed by atoms with Crippen LogP contribution in [-0.2, 0) is 9.59 Å². The molecule has 2 saturated carbocycles. The highest BCUT2D eigenvalue weighted by molar-refractivity contribution is 6.44. The average Bonchev–Trinajstić information content (AvgIpc) is 2.72. The number of nitrogens with zero attached hydrogens (tertiary/aromatic N) is 2. The van der Waals surface area contributed by atoms with E-state index < -0.39 is 17.8 Å². The highest BCUT2D eigenvalue weighted by Gasteiger charge is 2.50. The second-order valence-electron chi connectivity index (χ2n) is 6.44. The summed E-state index contributed by atoms with van der Waals surface area (Å²) in [7, 11) is 0. The van der Waals surface area contributed by atoms with E-state index >= 15 is 0 Å². The summed E-state index contributed by atoms with van der Waals surface area (Å²) in [6.07, 6.45) is 5.82. The molecular weight excluding hydrogens is 327 g/mol. The van der Waals surface area contributed by atoms with Crippen molar-refractivity contribution in [3.63, 3.8) is 0 Å².